The fourth-order valence-electron chi connectivity index (χ4n) is 5.17. The van der Waals surface area contributed by atoms with E-state index in [1.165, 1.54) is 43.5 Å². The van der Waals surface area contributed by atoms with Crippen molar-refractivity contribution in [1.82, 2.24) is 9.88 Å². The molecular weight excluding hydrogens is 468 g/mol. The summed E-state index contributed by atoms with van der Waals surface area (Å²) in [4.78, 5) is 6.05. The van der Waals surface area contributed by atoms with Gasteiger partial charge in [0, 0.05) is 23.2 Å². The van der Waals surface area contributed by atoms with Crippen LogP contribution in [0.1, 0.15) is 48.3 Å². The smallest absolute Gasteiger partial charge is 0.339 e. The molecule has 0 amide bonds. The summed E-state index contributed by atoms with van der Waals surface area (Å²) < 4.78 is 30.6. The quantitative estimate of drug-likeness (QED) is 0.211. The third-order valence-electron chi connectivity index (χ3n) is 7.28. The number of aromatic nitrogens is 1. The Morgan fingerprint density at radius 3 is 2.44 bits per heavy atom. The molecule has 5 rings (SSSR count). The lowest BCUT2D eigenvalue weighted by atomic mass is 9.89. The zero-order chi connectivity index (χ0) is 25.0. The van der Waals surface area contributed by atoms with Gasteiger partial charge in [-0.2, -0.15) is 8.42 Å². The Morgan fingerprint density at radius 2 is 1.69 bits per heavy atom. The highest BCUT2D eigenvalue weighted by Crippen LogP contribution is 2.29. The average Bonchev–Trinajstić information content (AvgIpc) is 3.29. The molecule has 188 valence electrons. The van der Waals surface area contributed by atoms with Crippen LogP contribution in [-0.4, -0.2) is 37.9 Å². The summed E-state index contributed by atoms with van der Waals surface area (Å²) in [6.45, 7) is 5.43. The van der Waals surface area contributed by atoms with Crippen molar-refractivity contribution >= 4 is 21.0 Å². The number of hydrogen-bond donors (Lipinski definition) is 1. The van der Waals surface area contributed by atoms with E-state index in [1.54, 1.807) is 36.4 Å². The maximum Gasteiger partial charge on any atom is 0.339 e. The molecule has 1 fully saturated rings. The average molecular weight is 503 g/mol. The van der Waals surface area contributed by atoms with Gasteiger partial charge in [-0.3, -0.25) is 0 Å². The number of rotatable bonds is 9. The van der Waals surface area contributed by atoms with Gasteiger partial charge >= 0.3 is 10.1 Å². The molecule has 1 aliphatic rings. The molecule has 0 aliphatic carbocycles. The van der Waals surface area contributed by atoms with E-state index < -0.39 is 10.1 Å². The normalized spacial score (nSPS) is 15.4. The molecule has 0 spiro atoms. The largest absolute Gasteiger partial charge is 0.379 e. The van der Waals surface area contributed by atoms with Crippen molar-refractivity contribution in [1.29, 1.82) is 0 Å². The van der Waals surface area contributed by atoms with Crippen molar-refractivity contribution in [2.45, 2.75) is 49.8 Å². The Hall–Kier alpha value is -3.09. The van der Waals surface area contributed by atoms with Crippen LogP contribution >= 0.6 is 0 Å². The van der Waals surface area contributed by atoms with Gasteiger partial charge in [0.15, 0.2) is 0 Å². The van der Waals surface area contributed by atoms with Gasteiger partial charge in [0.2, 0.25) is 0 Å². The van der Waals surface area contributed by atoms with Crippen molar-refractivity contribution < 1.29 is 12.6 Å². The number of hydrogen-bond acceptors (Lipinski definition) is 4. The van der Waals surface area contributed by atoms with Crippen molar-refractivity contribution in [2.75, 3.05) is 19.6 Å². The van der Waals surface area contributed by atoms with Gasteiger partial charge in [-0.05, 0) is 100.0 Å². The van der Waals surface area contributed by atoms with E-state index in [1.807, 2.05) is 19.2 Å². The second kappa shape index (κ2) is 10.9. The minimum absolute atomic E-state index is 0.157. The maximum atomic E-state index is 12.6. The highest BCUT2D eigenvalue weighted by molar-refractivity contribution is 7.87. The van der Waals surface area contributed by atoms with E-state index in [-0.39, 0.29) is 4.90 Å². The van der Waals surface area contributed by atoms with Gasteiger partial charge in [0.25, 0.3) is 0 Å². The summed E-state index contributed by atoms with van der Waals surface area (Å²) in [6, 6.07) is 23.0. The number of likely N-dealkylation sites (tertiary alicyclic amines) is 1. The molecule has 1 N–H and O–H groups in total. The number of aryl methyl sites for hydroxylation is 2. The fourth-order valence-corrected chi connectivity index (χ4v) is 6.09. The molecule has 0 radical (unpaired) electrons. The lowest BCUT2D eigenvalue weighted by molar-refractivity contribution is 0.209. The number of fused-ring (bicyclic) bond motifs is 1. The Labute approximate surface area is 214 Å². The molecule has 3 aromatic carbocycles. The highest BCUT2D eigenvalue weighted by atomic mass is 32.2. The van der Waals surface area contributed by atoms with E-state index in [2.05, 4.69) is 40.2 Å². The zero-order valence-corrected chi connectivity index (χ0v) is 21.6. The standard InChI is InChI=1S/C30H34N2O3S/c1-23-10-13-28(14-11-23)36(33,34)35-27-12-15-29-26(22-31-30(29)21-27)9-5-6-18-32-19-16-25(17-20-32)24-7-3-2-4-8-24/h2-4,7-8,10-15,21-22,25,31H,5-6,9,16-20H2,1H3. The first-order chi connectivity index (χ1) is 17.5. The van der Waals surface area contributed by atoms with Crippen molar-refractivity contribution in [3.63, 3.8) is 0 Å². The summed E-state index contributed by atoms with van der Waals surface area (Å²) in [5.41, 5.74) is 4.64. The Balaban J connectivity index is 1.11. The molecule has 4 aromatic rings. The molecule has 0 saturated carbocycles. The van der Waals surface area contributed by atoms with Crippen LogP contribution in [0.25, 0.3) is 10.9 Å². The molecule has 6 heteroatoms. The number of unbranched alkanes of at least 4 members (excludes halogenated alkanes) is 1. The molecule has 5 nitrogen and oxygen atoms in total. The fraction of sp³-hybridized carbons (Fsp3) is 0.333. The van der Waals surface area contributed by atoms with E-state index in [0.29, 0.717) is 11.7 Å². The van der Waals surface area contributed by atoms with Crippen molar-refractivity contribution in [3.05, 3.63) is 95.7 Å². The van der Waals surface area contributed by atoms with E-state index >= 15 is 0 Å². The summed E-state index contributed by atoms with van der Waals surface area (Å²) in [7, 11) is -3.86. The number of benzene rings is 3. The number of piperidine rings is 1. The molecule has 36 heavy (non-hydrogen) atoms. The van der Waals surface area contributed by atoms with Crippen LogP contribution in [0.3, 0.4) is 0 Å². The van der Waals surface area contributed by atoms with E-state index in [4.69, 9.17) is 4.18 Å². The van der Waals surface area contributed by atoms with Crippen molar-refractivity contribution in [3.8, 4) is 5.75 Å². The van der Waals surface area contributed by atoms with E-state index in [0.717, 1.165) is 35.9 Å². The molecule has 2 heterocycles. The van der Waals surface area contributed by atoms with Gasteiger partial charge in [-0.1, -0.05) is 48.0 Å². The van der Waals surface area contributed by atoms with Crippen LogP contribution in [0.2, 0.25) is 0 Å². The van der Waals surface area contributed by atoms with Crippen molar-refractivity contribution in [2.24, 2.45) is 0 Å². The molecule has 1 saturated heterocycles. The minimum Gasteiger partial charge on any atom is -0.379 e. The Morgan fingerprint density at radius 1 is 0.944 bits per heavy atom. The lowest BCUT2D eigenvalue weighted by Gasteiger charge is -2.32. The molecule has 0 bridgehead atoms. The second-order valence-corrected chi connectivity index (χ2v) is 11.4. The second-order valence-electron chi connectivity index (χ2n) is 9.86. The summed E-state index contributed by atoms with van der Waals surface area (Å²) >= 11 is 0. The lowest BCUT2D eigenvalue weighted by Crippen LogP contribution is -2.33. The first-order valence-electron chi connectivity index (χ1n) is 12.9. The Bertz CT molecular complexity index is 1390. The van der Waals surface area contributed by atoms with Gasteiger partial charge < -0.3 is 14.1 Å². The van der Waals surface area contributed by atoms with Crippen LogP contribution < -0.4 is 4.18 Å². The third-order valence-corrected chi connectivity index (χ3v) is 8.54. The van der Waals surface area contributed by atoms with Gasteiger partial charge in [-0.15, -0.1) is 0 Å². The Kier molecular flexibility index (Phi) is 7.44. The number of H-pyrrole nitrogens is 1. The minimum atomic E-state index is -3.86. The molecule has 0 atom stereocenters. The highest BCUT2D eigenvalue weighted by Gasteiger charge is 2.20. The van der Waals surface area contributed by atoms with Crippen LogP contribution in [0.4, 0.5) is 0 Å². The molecular formula is C30H34N2O3S. The summed E-state index contributed by atoms with van der Waals surface area (Å²) in [5, 5.41) is 1.12. The molecule has 1 aromatic heterocycles. The third kappa shape index (κ3) is 5.82. The first kappa shape index (κ1) is 24.6. The number of nitrogens with zero attached hydrogens (tertiary/aromatic N) is 1. The summed E-state index contributed by atoms with van der Waals surface area (Å²) in [6.07, 6.45) is 7.84. The van der Waals surface area contributed by atoms with Crippen LogP contribution in [0.15, 0.2) is 83.9 Å². The zero-order valence-electron chi connectivity index (χ0n) is 20.8. The van der Waals surface area contributed by atoms with E-state index in [9.17, 15) is 8.42 Å². The maximum absolute atomic E-state index is 12.6. The number of aromatic amines is 1. The number of nitrogens with one attached hydrogen (secondary N) is 1. The summed E-state index contributed by atoms with van der Waals surface area (Å²) in [5.74, 6) is 1.02. The predicted octanol–water partition coefficient (Wildman–Crippen LogP) is 6.45. The molecule has 1 aliphatic heterocycles. The first-order valence-corrected chi connectivity index (χ1v) is 14.3. The van der Waals surface area contributed by atoms with Crippen LogP contribution in [0, 0.1) is 6.92 Å². The predicted molar refractivity (Wildman–Crippen MR) is 145 cm³/mol. The monoisotopic (exact) mass is 502 g/mol. The van der Waals surface area contributed by atoms with Gasteiger partial charge in [0.05, 0.1) is 0 Å². The van der Waals surface area contributed by atoms with Crippen LogP contribution in [0.5, 0.6) is 5.75 Å². The van der Waals surface area contributed by atoms with Gasteiger partial charge in [-0.25, -0.2) is 0 Å². The van der Waals surface area contributed by atoms with Crippen LogP contribution in [-0.2, 0) is 16.5 Å². The topological polar surface area (TPSA) is 62.4 Å². The van der Waals surface area contributed by atoms with Gasteiger partial charge in [0.1, 0.15) is 10.6 Å². The molecule has 0 unspecified atom stereocenters. The SMILES string of the molecule is Cc1ccc(S(=O)(=O)Oc2ccc3c(CCCCN4CCC(c5ccccc5)CC4)c[nH]c3c2)cc1.